The number of carbonyl (C=O) groups is 1. The second-order valence-electron chi connectivity index (χ2n) is 2.94. The molecule has 0 radical (unpaired) electrons. The third kappa shape index (κ3) is 2.84. The molecule has 6 heteroatoms. The van der Waals surface area contributed by atoms with E-state index in [4.69, 9.17) is 9.47 Å². The van der Waals surface area contributed by atoms with Crippen LogP contribution in [0, 0.1) is 0 Å². The van der Waals surface area contributed by atoms with E-state index in [1.54, 1.807) is 4.68 Å². The van der Waals surface area contributed by atoms with Crippen LogP contribution in [0.25, 0.3) is 0 Å². The highest BCUT2D eigenvalue weighted by Crippen LogP contribution is 2.01. The fraction of sp³-hybridized carbons (Fsp3) is 0.667. The zero-order valence-corrected chi connectivity index (χ0v) is 9.14. The smallest absolute Gasteiger partial charge is 0.217 e. The molecule has 0 saturated heterocycles. The molecule has 1 rings (SSSR count). The maximum atomic E-state index is 11.6. The summed E-state index contributed by atoms with van der Waals surface area (Å²) in [5.74, 6) is 0.462. The highest BCUT2D eigenvalue weighted by atomic mass is 16.7. The van der Waals surface area contributed by atoms with Crippen LogP contribution in [0.15, 0.2) is 6.33 Å². The van der Waals surface area contributed by atoms with Gasteiger partial charge in [0.25, 0.3) is 0 Å². The number of Topliss-reactive ketones (excluding diaryl/α,β-unsaturated/α-hetero) is 1. The Bertz CT molecular complexity index is 320. The fourth-order valence-electron chi connectivity index (χ4n) is 1.29. The average molecular weight is 213 g/mol. The first-order valence-corrected chi connectivity index (χ1v) is 4.67. The van der Waals surface area contributed by atoms with Crippen molar-refractivity contribution in [3.63, 3.8) is 0 Å². The molecule has 0 aromatic carbocycles. The van der Waals surface area contributed by atoms with Gasteiger partial charge in [-0.15, -0.1) is 0 Å². The van der Waals surface area contributed by atoms with Crippen LogP contribution in [-0.4, -0.2) is 41.1 Å². The van der Waals surface area contributed by atoms with Gasteiger partial charge in [0.2, 0.25) is 6.29 Å². The molecule has 15 heavy (non-hydrogen) atoms. The van der Waals surface area contributed by atoms with E-state index < -0.39 is 6.29 Å². The first kappa shape index (κ1) is 11.8. The van der Waals surface area contributed by atoms with Crippen molar-refractivity contribution < 1.29 is 14.3 Å². The summed E-state index contributed by atoms with van der Waals surface area (Å²) in [6.07, 6.45) is 0.771. The van der Waals surface area contributed by atoms with Crippen molar-refractivity contribution in [1.29, 1.82) is 0 Å². The Morgan fingerprint density at radius 1 is 1.53 bits per heavy atom. The number of hydrogen-bond acceptors (Lipinski definition) is 5. The third-order valence-electron chi connectivity index (χ3n) is 2.02. The SMILES string of the molecule is CCn1ncnc1CC(=O)C(OC)OC. The molecule has 1 aromatic rings. The van der Waals surface area contributed by atoms with Crippen LogP contribution in [0.2, 0.25) is 0 Å². The van der Waals surface area contributed by atoms with Crippen LogP contribution in [0.4, 0.5) is 0 Å². The van der Waals surface area contributed by atoms with Gasteiger partial charge in [0, 0.05) is 20.8 Å². The molecule has 0 bridgehead atoms. The summed E-state index contributed by atoms with van der Waals surface area (Å²) >= 11 is 0. The Hall–Kier alpha value is -1.27. The molecule has 0 unspecified atom stereocenters. The third-order valence-corrected chi connectivity index (χ3v) is 2.02. The molecular formula is C9H15N3O3. The summed E-state index contributed by atoms with van der Waals surface area (Å²) in [5, 5.41) is 3.97. The van der Waals surface area contributed by atoms with Crippen LogP contribution in [0.1, 0.15) is 12.7 Å². The number of nitrogens with zero attached hydrogens (tertiary/aromatic N) is 3. The average Bonchev–Trinajstić information content (AvgIpc) is 2.67. The summed E-state index contributed by atoms with van der Waals surface area (Å²) in [4.78, 5) is 15.6. The lowest BCUT2D eigenvalue weighted by molar-refractivity contribution is -0.156. The second kappa shape index (κ2) is 5.57. The molecule has 0 aliphatic heterocycles. The minimum absolute atomic E-state index is 0.164. The predicted octanol–water partition coefficient (Wildman–Crippen LogP) is 0.0285. The molecule has 1 aromatic heterocycles. The molecule has 6 nitrogen and oxygen atoms in total. The van der Waals surface area contributed by atoms with Crippen molar-refractivity contribution in [2.75, 3.05) is 14.2 Å². The largest absolute Gasteiger partial charge is 0.349 e. The molecule has 0 amide bonds. The molecule has 0 fully saturated rings. The molecule has 0 atom stereocenters. The Labute approximate surface area is 88.2 Å². The van der Waals surface area contributed by atoms with Crippen LogP contribution in [0.5, 0.6) is 0 Å². The van der Waals surface area contributed by atoms with E-state index >= 15 is 0 Å². The number of rotatable bonds is 6. The number of ether oxygens (including phenoxy) is 2. The molecule has 84 valence electrons. The highest BCUT2D eigenvalue weighted by Gasteiger charge is 2.19. The van der Waals surface area contributed by atoms with E-state index in [0.29, 0.717) is 12.4 Å². The summed E-state index contributed by atoms with van der Waals surface area (Å²) in [5.41, 5.74) is 0. The fourth-order valence-corrected chi connectivity index (χ4v) is 1.29. The molecule has 0 spiro atoms. The molecule has 0 saturated carbocycles. The van der Waals surface area contributed by atoms with E-state index in [1.807, 2.05) is 6.92 Å². The van der Waals surface area contributed by atoms with Gasteiger partial charge in [-0.3, -0.25) is 4.79 Å². The summed E-state index contributed by atoms with van der Waals surface area (Å²) in [6, 6.07) is 0. The van der Waals surface area contributed by atoms with Crippen molar-refractivity contribution in [1.82, 2.24) is 14.8 Å². The summed E-state index contributed by atoms with van der Waals surface area (Å²) in [6.45, 7) is 2.63. The minimum atomic E-state index is -0.827. The molecule has 1 heterocycles. The lowest BCUT2D eigenvalue weighted by Gasteiger charge is -2.11. The molecular weight excluding hydrogens is 198 g/mol. The van der Waals surface area contributed by atoms with Gasteiger partial charge < -0.3 is 9.47 Å². The van der Waals surface area contributed by atoms with Crippen LogP contribution in [-0.2, 0) is 27.2 Å². The zero-order chi connectivity index (χ0) is 11.3. The normalized spacial score (nSPS) is 10.9. The maximum Gasteiger partial charge on any atom is 0.217 e. The van der Waals surface area contributed by atoms with Crippen LogP contribution < -0.4 is 0 Å². The predicted molar refractivity (Wildman–Crippen MR) is 52.2 cm³/mol. The number of aromatic nitrogens is 3. The summed E-state index contributed by atoms with van der Waals surface area (Å²) in [7, 11) is 2.85. The highest BCUT2D eigenvalue weighted by molar-refractivity contribution is 5.83. The number of aryl methyl sites for hydroxylation is 1. The van der Waals surface area contributed by atoms with Gasteiger partial charge in [-0.05, 0) is 6.92 Å². The first-order chi connectivity index (χ1) is 7.22. The van der Waals surface area contributed by atoms with Gasteiger partial charge in [0.1, 0.15) is 12.2 Å². The molecule has 0 aliphatic rings. The van der Waals surface area contributed by atoms with Gasteiger partial charge >= 0.3 is 0 Å². The van der Waals surface area contributed by atoms with E-state index in [1.165, 1.54) is 20.5 Å². The first-order valence-electron chi connectivity index (χ1n) is 4.67. The van der Waals surface area contributed by atoms with Crippen molar-refractivity contribution in [3.8, 4) is 0 Å². The van der Waals surface area contributed by atoms with Crippen LogP contribution in [0.3, 0.4) is 0 Å². The number of carbonyl (C=O) groups excluding carboxylic acids is 1. The van der Waals surface area contributed by atoms with Crippen LogP contribution >= 0.6 is 0 Å². The molecule has 0 N–H and O–H groups in total. The van der Waals surface area contributed by atoms with Gasteiger partial charge in [-0.1, -0.05) is 0 Å². The van der Waals surface area contributed by atoms with Crippen molar-refractivity contribution in [2.24, 2.45) is 0 Å². The number of ketones is 1. The Morgan fingerprint density at radius 3 is 2.73 bits per heavy atom. The standard InChI is InChI=1S/C9H15N3O3/c1-4-12-8(10-6-11-12)5-7(13)9(14-2)15-3/h6,9H,4-5H2,1-3H3. The van der Waals surface area contributed by atoms with Gasteiger partial charge in [-0.25, -0.2) is 9.67 Å². The van der Waals surface area contributed by atoms with E-state index in [-0.39, 0.29) is 12.2 Å². The zero-order valence-electron chi connectivity index (χ0n) is 9.14. The summed E-state index contributed by atoms with van der Waals surface area (Å²) < 4.78 is 11.4. The second-order valence-corrected chi connectivity index (χ2v) is 2.94. The van der Waals surface area contributed by atoms with Gasteiger partial charge in [0.05, 0.1) is 6.42 Å². The Morgan fingerprint density at radius 2 is 2.20 bits per heavy atom. The monoisotopic (exact) mass is 213 g/mol. The topological polar surface area (TPSA) is 66.2 Å². The quantitative estimate of drug-likeness (QED) is 0.624. The van der Waals surface area contributed by atoms with E-state index in [0.717, 1.165) is 0 Å². The number of methoxy groups -OCH3 is 2. The van der Waals surface area contributed by atoms with E-state index in [9.17, 15) is 4.79 Å². The maximum absolute atomic E-state index is 11.6. The van der Waals surface area contributed by atoms with Crippen molar-refractivity contribution in [3.05, 3.63) is 12.2 Å². The van der Waals surface area contributed by atoms with E-state index in [2.05, 4.69) is 10.1 Å². The Balaban J connectivity index is 2.65. The molecule has 0 aliphatic carbocycles. The van der Waals surface area contributed by atoms with Gasteiger partial charge in [-0.2, -0.15) is 5.10 Å². The Kier molecular flexibility index (Phi) is 4.38. The lowest BCUT2D eigenvalue weighted by atomic mass is 10.2. The van der Waals surface area contributed by atoms with Crippen molar-refractivity contribution in [2.45, 2.75) is 26.2 Å². The lowest BCUT2D eigenvalue weighted by Crippen LogP contribution is -2.27. The number of hydrogen-bond donors (Lipinski definition) is 0. The minimum Gasteiger partial charge on any atom is -0.349 e. The van der Waals surface area contributed by atoms with Gasteiger partial charge in [0.15, 0.2) is 5.78 Å². The van der Waals surface area contributed by atoms with Crippen molar-refractivity contribution >= 4 is 5.78 Å².